The second kappa shape index (κ2) is 6.09. The molecule has 5 nitrogen and oxygen atoms in total. The third-order valence-electron chi connectivity index (χ3n) is 2.06. The molecular formula is C11H15NO4. The van der Waals surface area contributed by atoms with Crippen LogP contribution in [0.5, 0.6) is 5.75 Å². The van der Waals surface area contributed by atoms with Crippen LogP contribution in [-0.4, -0.2) is 33.9 Å². The first-order valence-electron chi connectivity index (χ1n) is 4.96. The average molecular weight is 225 g/mol. The Morgan fingerprint density at radius 2 is 1.94 bits per heavy atom. The van der Waals surface area contributed by atoms with E-state index in [9.17, 15) is 9.90 Å². The Balaban J connectivity index is 2.25. The van der Waals surface area contributed by atoms with E-state index in [1.165, 1.54) is 0 Å². The molecule has 0 amide bonds. The summed E-state index contributed by atoms with van der Waals surface area (Å²) in [6.07, 6.45) is -1.14. The molecule has 1 rings (SSSR count). The number of hydrogen-bond acceptors (Lipinski definition) is 4. The molecule has 0 aliphatic carbocycles. The second-order valence-electron chi connectivity index (χ2n) is 3.55. The number of carboxylic acid groups (broad SMARTS) is 1. The Morgan fingerprint density at radius 1 is 1.31 bits per heavy atom. The fourth-order valence-corrected chi connectivity index (χ4v) is 1.27. The van der Waals surface area contributed by atoms with Crippen molar-refractivity contribution in [3.05, 3.63) is 29.8 Å². The van der Waals surface area contributed by atoms with Crippen molar-refractivity contribution < 1.29 is 20.1 Å². The predicted octanol–water partition coefficient (Wildman–Crippen LogP) is 0.317. The average Bonchev–Trinajstić information content (AvgIpc) is 2.20. The minimum atomic E-state index is -1.01. The summed E-state index contributed by atoms with van der Waals surface area (Å²) in [5.41, 5.74) is 0.959. The van der Waals surface area contributed by atoms with Gasteiger partial charge < -0.3 is 20.6 Å². The Kier molecular flexibility index (Phi) is 4.75. The number of phenolic OH excluding ortho intramolecular Hbond substituents is 1. The minimum absolute atomic E-state index is 0.203. The van der Waals surface area contributed by atoms with E-state index in [1.54, 1.807) is 24.3 Å². The van der Waals surface area contributed by atoms with E-state index in [0.29, 0.717) is 6.54 Å². The molecule has 0 radical (unpaired) electrons. The molecular weight excluding hydrogens is 210 g/mol. The number of aliphatic carboxylic acids is 1. The highest BCUT2D eigenvalue weighted by molar-refractivity contribution is 5.67. The molecule has 16 heavy (non-hydrogen) atoms. The highest BCUT2D eigenvalue weighted by Crippen LogP contribution is 2.09. The molecule has 0 aromatic heterocycles. The highest BCUT2D eigenvalue weighted by atomic mass is 16.4. The van der Waals surface area contributed by atoms with E-state index in [2.05, 4.69) is 5.32 Å². The Morgan fingerprint density at radius 3 is 2.50 bits per heavy atom. The normalized spacial score (nSPS) is 12.3. The van der Waals surface area contributed by atoms with E-state index >= 15 is 0 Å². The van der Waals surface area contributed by atoms with E-state index in [-0.39, 0.29) is 18.7 Å². The molecule has 0 saturated heterocycles. The largest absolute Gasteiger partial charge is 0.508 e. The molecule has 4 N–H and O–H groups in total. The van der Waals surface area contributed by atoms with Gasteiger partial charge in [0.2, 0.25) is 0 Å². The third kappa shape index (κ3) is 4.77. The lowest BCUT2D eigenvalue weighted by atomic mass is 10.2. The second-order valence-corrected chi connectivity index (χ2v) is 3.55. The van der Waals surface area contributed by atoms with Gasteiger partial charge in [0.15, 0.2) is 0 Å². The maximum atomic E-state index is 10.3. The fourth-order valence-electron chi connectivity index (χ4n) is 1.27. The van der Waals surface area contributed by atoms with Crippen LogP contribution in [0.4, 0.5) is 0 Å². The highest BCUT2D eigenvalue weighted by Gasteiger charge is 2.08. The molecule has 0 fully saturated rings. The molecule has 0 bridgehead atoms. The molecule has 1 unspecified atom stereocenters. The zero-order valence-corrected chi connectivity index (χ0v) is 8.76. The molecule has 0 aliphatic heterocycles. The van der Waals surface area contributed by atoms with Gasteiger partial charge in [-0.25, -0.2) is 0 Å². The van der Waals surface area contributed by atoms with Gasteiger partial charge in [0, 0.05) is 13.1 Å². The van der Waals surface area contributed by atoms with Crippen molar-refractivity contribution in [1.82, 2.24) is 5.32 Å². The van der Waals surface area contributed by atoms with Crippen molar-refractivity contribution in [2.75, 3.05) is 6.54 Å². The standard InChI is InChI=1S/C11H15NO4/c13-9-3-1-8(2-4-9)6-12-7-10(14)5-11(15)16/h1-4,10,12-14H,5-7H2,(H,15,16). The number of aliphatic hydroxyl groups excluding tert-OH is 1. The first kappa shape index (κ1) is 12.5. The van der Waals surface area contributed by atoms with Crippen LogP contribution in [0.3, 0.4) is 0 Å². The van der Waals surface area contributed by atoms with E-state index in [4.69, 9.17) is 10.2 Å². The number of phenols is 1. The molecule has 0 saturated carbocycles. The number of rotatable bonds is 6. The summed E-state index contributed by atoms with van der Waals surface area (Å²) in [7, 11) is 0. The predicted molar refractivity (Wildman–Crippen MR) is 58.1 cm³/mol. The minimum Gasteiger partial charge on any atom is -0.508 e. The van der Waals surface area contributed by atoms with Crippen LogP contribution in [0.25, 0.3) is 0 Å². The lowest BCUT2D eigenvalue weighted by Crippen LogP contribution is -2.28. The molecule has 0 heterocycles. The van der Waals surface area contributed by atoms with Gasteiger partial charge in [0.25, 0.3) is 0 Å². The summed E-state index contributed by atoms with van der Waals surface area (Å²) in [6, 6.07) is 6.66. The Bertz CT molecular complexity index is 336. The summed E-state index contributed by atoms with van der Waals surface area (Å²) in [5, 5.41) is 29.6. The van der Waals surface area contributed by atoms with Gasteiger partial charge in [0.1, 0.15) is 5.75 Å². The topological polar surface area (TPSA) is 89.8 Å². The lowest BCUT2D eigenvalue weighted by Gasteiger charge is -2.09. The first-order valence-corrected chi connectivity index (χ1v) is 4.96. The summed E-state index contributed by atoms with van der Waals surface area (Å²) >= 11 is 0. The van der Waals surface area contributed by atoms with Crippen LogP contribution in [0, 0.1) is 0 Å². The molecule has 0 aliphatic rings. The van der Waals surface area contributed by atoms with Crippen molar-refractivity contribution in [1.29, 1.82) is 0 Å². The van der Waals surface area contributed by atoms with Crippen molar-refractivity contribution in [3.8, 4) is 5.75 Å². The van der Waals surface area contributed by atoms with Gasteiger partial charge in [-0.15, -0.1) is 0 Å². The molecule has 1 aromatic carbocycles. The Labute approximate surface area is 93.4 Å². The van der Waals surface area contributed by atoms with E-state index < -0.39 is 12.1 Å². The maximum absolute atomic E-state index is 10.3. The van der Waals surface area contributed by atoms with E-state index in [1.807, 2.05) is 0 Å². The van der Waals surface area contributed by atoms with Crippen LogP contribution in [-0.2, 0) is 11.3 Å². The van der Waals surface area contributed by atoms with Gasteiger partial charge >= 0.3 is 5.97 Å². The summed E-state index contributed by atoms with van der Waals surface area (Å²) in [6.45, 7) is 0.754. The lowest BCUT2D eigenvalue weighted by molar-refractivity contribution is -0.139. The number of aliphatic hydroxyl groups is 1. The summed E-state index contributed by atoms with van der Waals surface area (Å²) in [5.74, 6) is -0.811. The first-order chi connectivity index (χ1) is 7.58. The number of nitrogens with one attached hydrogen (secondary N) is 1. The SMILES string of the molecule is O=C(O)CC(O)CNCc1ccc(O)cc1. The van der Waals surface area contributed by atoms with Crippen molar-refractivity contribution >= 4 is 5.97 Å². The van der Waals surface area contributed by atoms with Crippen LogP contribution < -0.4 is 5.32 Å². The zero-order chi connectivity index (χ0) is 12.0. The van der Waals surface area contributed by atoms with Crippen LogP contribution in [0.1, 0.15) is 12.0 Å². The van der Waals surface area contributed by atoms with E-state index in [0.717, 1.165) is 5.56 Å². The zero-order valence-electron chi connectivity index (χ0n) is 8.76. The monoisotopic (exact) mass is 225 g/mol. The third-order valence-corrected chi connectivity index (χ3v) is 2.06. The van der Waals surface area contributed by atoms with Crippen molar-refractivity contribution in [3.63, 3.8) is 0 Å². The molecule has 88 valence electrons. The molecule has 5 heteroatoms. The number of carboxylic acids is 1. The maximum Gasteiger partial charge on any atom is 0.306 e. The number of carbonyl (C=O) groups is 1. The smallest absolute Gasteiger partial charge is 0.306 e. The quantitative estimate of drug-likeness (QED) is 0.559. The molecule has 1 atom stereocenters. The number of hydrogen-bond donors (Lipinski definition) is 4. The van der Waals surface area contributed by atoms with Gasteiger partial charge in [-0.2, -0.15) is 0 Å². The number of aromatic hydroxyl groups is 1. The van der Waals surface area contributed by atoms with Crippen LogP contribution >= 0.6 is 0 Å². The summed E-state index contributed by atoms with van der Waals surface area (Å²) < 4.78 is 0. The Hall–Kier alpha value is -1.59. The van der Waals surface area contributed by atoms with Crippen LogP contribution in [0.2, 0.25) is 0 Å². The van der Waals surface area contributed by atoms with Gasteiger partial charge in [0.05, 0.1) is 12.5 Å². The molecule has 0 spiro atoms. The van der Waals surface area contributed by atoms with Gasteiger partial charge in [-0.3, -0.25) is 4.79 Å². The van der Waals surface area contributed by atoms with Gasteiger partial charge in [-0.05, 0) is 17.7 Å². The summed E-state index contributed by atoms with van der Waals surface area (Å²) in [4.78, 5) is 10.3. The fraction of sp³-hybridized carbons (Fsp3) is 0.364. The van der Waals surface area contributed by atoms with Gasteiger partial charge in [-0.1, -0.05) is 12.1 Å². The number of benzene rings is 1. The van der Waals surface area contributed by atoms with Crippen LogP contribution in [0.15, 0.2) is 24.3 Å². The van der Waals surface area contributed by atoms with Crippen molar-refractivity contribution in [2.45, 2.75) is 19.1 Å². The molecule has 1 aromatic rings. The van der Waals surface area contributed by atoms with Crippen molar-refractivity contribution in [2.24, 2.45) is 0 Å².